The van der Waals surface area contributed by atoms with Gasteiger partial charge in [0.1, 0.15) is 11.6 Å². The van der Waals surface area contributed by atoms with Gasteiger partial charge in [-0.1, -0.05) is 12.1 Å². The van der Waals surface area contributed by atoms with Crippen LogP contribution in [0.3, 0.4) is 0 Å². The number of benzene rings is 2. The van der Waals surface area contributed by atoms with Gasteiger partial charge in [0.2, 0.25) is 0 Å². The van der Waals surface area contributed by atoms with Gasteiger partial charge in [-0.3, -0.25) is 4.79 Å². The monoisotopic (exact) mass is 417 g/mol. The second-order valence-corrected chi connectivity index (χ2v) is 6.59. The van der Waals surface area contributed by atoms with E-state index in [1.54, 1.807) is 6.92 Å². The Balaban J connectivity index is 1.87. The number of nitrogens with zero attached hydrogens (tertiary/aromatic N) is 3. The third-order valence-corrected chi connectivity index (χ3v) is 4.56. The highest BCUT2D eigenvalue weighted by Crippen LogP contribution is 2.31. The number of halogens is 5. The Morgan fingerprint density at radius 1 is 0.900 bits per heavy atom. The van der Waals surface area contributed by atoms with Crippen molar-refractivity contribution in [3.05, 3.63) is 87.8 Å². The summed E-state index contributed by atoms with van der Waals surface area (Å²) in [5.41, 5.74) is -0.148. The van der Waals surface area contributed by atoms with Crippen LogP contribution in [-0.4, -0.2) is 14.6 Å². The predicted octanol–water partition coefficient (Wildman–Crippen LogP) is 5.03. The van der Waals surface area contributed by atoms with Crippen molar-refractivity contribution in [3.63, 3.8) is 0 Å². The van der Waals surface area contributed by atoms with Crippen LogP contribution < -0.4 is 5.56 Å². The molecule has 0 unspecified atom stereocenters. The van der Waals surface area contributed by atoms with E-state index in [1.165, 1.54) is 24.3 Å². The Labute approximate surface area is 166 Å². The van der Waals surface area contributed by atoms with E-state index in [1.807, 2.05) is 0 Å². The van der Waals surface area contributed by atoms with E-state index in [0.717, 1.165) is 34.8 Å². The smallest absolute Gasteiger partial charge is 0.267 e. The fourth-order valence-electron chi connectivity index (χ4n) is 3.08. The normalized spacial score (nSPS) is 11.8. The van der Waals surface area contributed by atoms with Crippen LogP contribution in [0.5, 0.6) is 0 Å². The number of rotatable bonds is 2. The quantitative estimate of drug-likeness (QED) is 0.430. The van der Waals surface area contributed by atoms with Gasteiger partial charge >= 0.3 is 6.18 Å². The molecule has 0 N–H and O–H groups in total. The van der Waals surface area contributed by atoms with Crippen molar-refractivity contribution in [1.29, 1.82) is 0 Å². The molecule has 0 aliphatic carbocycles. The van der Waals surface area contributed by atoms with Crippen molar-refractivity contribution >= 4 is 5.65 Å². The topological polar surface area (TPSA) is 47.3 Å². The van der Waals surface area contributed by atoms with E-state index >= 15 is 0 Å². The molecular formula is C21H12F5N3O. The molecule has 4 nitrogen and oxygen atoms in total. The minimum atomic E-state index is -4.48. The highest BCUT2D eigenvalue weighted by Gasteiger charge is 2.30. The lowest BCUT2D eigenvalue weighted by molar-refractivity contribution is -0.137. The van der Waals surface area contributed by atoms with Crippen molar-refractivity contribution < 1.29 is 22.0 Å². The first-order valence-corrected chi connectivity index (χ1v) is 8.68. The van der Waals surface area contributed by atoms with E-state index in [4.69, 9.17) is 0 Å². The maximum Gasteiger partial charge on any atom is 0.416 e. The molecule has 0 aliphatic rings. The lowest BCUT2D eigenvalue weighted by Gasteiger charge is -2.11. The Morgan fingerprint density at radius 2 is 1.60 bits per heavy atom. The van der Waals surface area contributed by atoms with Crippen molar-refractivity contribution in [1.82, 2.24) is 14.6 Å². The Hall–Kier alpha value is -3.62. The molecule has 152 valence electrons. The molecule has 0 aliphatic heterocycles. The van der Waals surface area contributed by atoms with Gasteiger partial charge in [0.25, 0.3) is 5.56 Å². The maximum atomic E-state index is 14.2. The zero-order valence-electron chi connectivity index (χ0n) is 15.3. The Bertz CT molecular complexity index is 1330. The molecule has 2 aromatic heterocycles. The van der Waals surface area contributed by atoms with Gasteiger partial charge < -0.3 is 0 Å². The number of fused-ring (bicyclic) bond motifs is 1. The van der Waals surface area contributed by atoms with Crippen molar-refractivity contribution in [2.24, 2.45) is 0 Å². The standard InChI is InChI=1S/C21H12F5N3O/c1-11-16(15-7-6-14(22)8-17(15)23)9-19-27-18(10-20(30)29(19)28-11)12-2-4-13(5-3-12)21(24,25)26/h2-10H,1H3. The van der Waals surface area contributed by atoms with Crippen LogP contribution in [0.25, 0.3) is 28.0 Å². The summed E-state index contributed by atoms with van der Waals surface area (Å²) in [6.45, 7) is 1.56. The van der Waals surface area contributed by atoms with Crippen LogP contribution in [0.1, 0.15) is 11.3 Å². The van der Waals surface area contributed by atoms with Gasteiger partial charge in [-0.05, 0) is 37.3 Å². The molecule has 30 heavy (non-hydrogen) atoms. The van der Waals surface area contributed by atoms with E-state index in [-0.39, 0.29) is 16.9 Å². The predicted molar refractivity (Wildman–Crippen MR) is 99.8 cm³/mol. The highest BCUT2D eigenvalue weighted by molar-refractivity contribution is 5.71. The van der Waals surface area contributed by atoms with Crippen LogP contribution in [-0.2, 0) is 6.18 Å². The third-order valence-electron chi connectivity index (χ3n) is 4.56. The number of aryl methyl sites for hydroxylation is 1. The SMILES string of the molecule is Cc1nn2c(=O)cc(-c3ccc(C(F)(F)F)cc3)nc2cc1-c1ccc(F)cc1F. The largest absolute Gasteiger partial charge is 0.416 e. The summed E-state index contributed by atoms with van der Waals surface area (Å²) < 4.78 is 66.8. The molecule has 0 radical (unpaired) electrons. The van der Waals surface area contributed by atoms with Gasteiger partial charge in [-0.2, -0.15) is 22.8 Å². The van der Waals surface area contributed by atoms with E-state index in [2.05, 4.69) is 10.1 Å². The summed E-state index contributed by atoms with van der Waals surface area (Å²) in [6.07, 6.45) is -4.48. The van der Waals surface area contributed by atoms with Crippen molar-refractivity contribution in [2.45, 2.75) is 13.1 Å². The second-order valence-electron chi connectivity index (χ2n) is 6.59. The van der Waals surface area contributed by atoms with Crippen LogP contribution >= 0.6 is 0 Å². The number of hydrogen-bond donors (Lipinski definition) is 0. The molecule has 0 bridgehead atoms. The summed E-state index contributed by atoms with van der Waals surface area (Å²) in [6, 6.07) is 9.87. The molecule has 0 saturated heterocycles. The maximum absolute atomic E-state index is 14.2. The molecule has 4 aromatic rings. The molecule has 2 heterocycles. The van der Waals surface area contributed by atoms with E-state index in [9.17, 15) is 26.7 Å². The number of hydrogen-bond acceptors (Lipinski definition) is 3. The van der Waals surface area contributed by atoms with Crippen LogP contribution in [0.4, 0.5) is 22.0 Å². The summed E-state index contributed by atoms with van der Waals surface area (Å²) >= 11 is 0. The van der Waals surface area contributed by atoms with Crippen LogP contribution in [0.15, 0.2) is 59.4 Å². The van der Waals surface area contributed by atoms with Crippen molar-refractivity contribution in [3.8, 4) is 22.4 Å². The first-order chi connectivity index (χ1) is 14.1. The summed E-state index contributed by atoms with van der Waals surface area (Å²) in [5.74, 6) is -1.54. The minimum absolute atomic E-state index is 0.0710. The first kappa shape index (κ1) is 19.7. The van der Waals surface area contributed by atoms with Crippen LogP contribution in [0, 0.1) is 18.6 Å². The molecule has 4 rings (SSSR count). The zero-order valence-corrected chi connectivity index (χ0v) is 15.3. The number of alkyl halides is 3. The fourth-order valence-corrected chi connectivity index (χ4v) is 3.08. The second kappa shape index (κ2) is 7.01. The number of aromatic nitrogens is 3. The van der Waals surface area contributed by atoms with E-state index in [0.29, 0.717) is 16.8 Å². The van der Waals surface area contributed by atoms with Gasteiger partial charge in [0.15, 0.2) is 5.65 Å². The first-order valence-electron chi connectivity index (χ1n) is 8.68. The molecule has 2 aromatic carbocycles. The lowest BCUT2D eigenvalue weighted by atomic mass is 10.0. The summed E-state index contributed by atoms with van der Waals surface area (Å²) in [7, 11) is 0. The zero-order chi connectivity index (χ0) is 21.6. The Morgan fingerprint density at radius 3 is 2.23 bits per heavy atom. The fraction of sp³-hybridized carbons (Fsp3) is 0.0952. The molecule has 0 atom stereocenters. The average Bonchev–Trinajstić information content (AvgIpc) is 2.68. The molecule has 0 spiro atoms. The van der Waals surface area contributed by atoms with Gasteiger partial charge in [0.05, 0.1) is 17.0 Å². The lowest BCUT2D eigenvalue weighted by Crippen LogP contribution is -2.18. The molecule has 0 fully saturated rings. The highest BCUT2D eigenvalue weighted by atomic mass is 19.4. The summed E-state index contributed by atoms with van der Waals surface area (Å²) in [4.78, 5) is 16.8. The van der Waals surface area contributed by atoms with Gasteiger partial charge in [0, 0.05) is 28.8 Å². The van der Waals surface area contributed by atoms with Gasteiger partial charge in [-0.15, -0.1) is 0 Å². The van der Waals surface area contributed by atoms with Crippen molar-refractivity contribution in [2.75, 3.05) is 0 Å². The molecule has 9 heteroatoms. The molecule has 0 amide bonds. The minimum Gasteiger partial charge on any atom is -0.267 e. The van der Waals surface area contributed by atoms with Crippen LogP contribution in [0.2, 0.25) is 0 Å². The molecular weight excluding hydrogens is 405 g/mol. The van der Waals surface area contributed by atoms with E-state index < -0.39 is 28.9 Å². The average molecular weight is 417 g/mol. The Kier molecular flexibility index (Phi) is 4.60. The molecule has 0 saturated carbocycles. The van der Waals surface area contributed by atoms with Gasteiger partial charge in [-0.25, -0.2) is 13.8 Å². The third kappa shape index (κ3) is 3.54. The summed E-state index contributed by atoms with van der Waals surface area (Å²) in [5, 5.41) is 4.13.